The Bertz CT molecular complexity index is 656. The van der Waals surface area contributed by atoms with Gasteiger partial charge in [-0.05, 0) is 49.4 Å². The molecule has 2 N–H and O–H groups in total. The lowest BCUT2D eigenvalue weighted by Crippen LogP contribution is -2.30. The Morgan fingerprint density at radius 1 is 1.14 bits per heavy atom. The molecule has 5 heteroatoms. The number of halogens is 2. The summed E-state index contributed by atoms with van der Waals surface area (Å²) in [6.07, 6.45) is 0. The van der Waals surface area contributed by atoms with Crippen LogP contribution in [0.5, 0.6) is 0 Å². The molecule has 0 saturated carbocycles. The Kier molecular flexibility index (Phi) is 4.21. The molecular weight excluding hydrogens is 274 g/mol. The predicted octanol–water partition coefficient (Wildman–Crippen LogP) is 3.38. The maximum absolute atomic E-state index is 13.8. The van der Waals surface area contributed by atoms with Crippen molar-refractivity contribution in [2.45, 2.75) is 13.0 Å². The molecule has 0 radical (unpaired) electrons. The van der Waals surface area contributed by atoms with Gasteiger partial charge in [0.15, 0.2) is 0 Å². The molecule has 0 saturated heterocycles. The molecule has 2 aromatic rings. The third kappa shape index (κ3) is 3.18. The second-order valence-electron chi connectivity index (χ2n) is 4.88. The average molecular weight is 290 g/mol. The summed E-state index contributed by atoms with van der Waals surface area (Å²) in [5, 5.41) is 0. The van der Waals surface area contributed by atoms with Crippen molar-refractivity contribution in [3.63, 3.8) is 0 Å². The number of nitrogen functional groups attached to an aromatic ring is 1. The third-order valence-electron chi connectivity index (χ3n) is 3.47. The zero-order valence-electron chi connectivity index (χ0n) is 11.8. The lowest BCUT2D eigenvalue weighted by atomic mass is 10.1. The van der Waals surface area contributed by atoms with Crippen molar-refractivity contribution >= 4 is 11.6 Å². The minimum Gasteiger partial charge on any atom is -0.399 e. The molecule has 0 aliphatic heterocycles. The fourth-order valence-electron chi connectivity index (χ4n) is 2.05. The van der Waals surface area contributed by atoms with Gasteiger partial charge in [0, 0.05) is 23.9 Å². The van der Waals surface area contributed by atoms with E-state index in [1.54, 1.807) is 38.2 Å². The van der Waals surface area contributed by atoms with Crippen LogP contribution >= 0.6 is 0 Å². The number of rotatable bonds is 3. The first-order valence-corrected chi connectivity index (χ1v) is 6.48. The summed E-state index contributed by atoms with van der Waals surface area (Å²) in [5.74, 6) is -1.36. The first-order chi connectivity index (χ1) is 9.90. The Labute approximate surface area is 122 Å². The third-order valence-corrected chi connectivity index (χ3v) is 3.47. The Hall–Kier alpha value is -2.43. The van der Waals surface area contributed by atoms with Gasteiger partial charge in [-0.15, -0.1) is 0 Å². The first kappa shape index (κ1) is 15.0. The van der Waals surface area contributed by atoms with Crippen molar-refractivity contribution in [1.82, 2.24) is 4.90 Å². The van der Waals surface area contributed by atoms with Crippen LogP contribution in [0.2, 0.25) is 0 Å². The van der Waals surface area contributed by atoms with Gasteiger partial charge in [0.05, 0.1) is 6.04 Å². The molecule has 1 unspecified atom stereocenters. The maximum Gasteiger partial charge on any atom is 0.254 e. The number of amides is 1. The minimum absolute atomic E-state index is 0.140. The largest absolute Gasteiger partial charge is 0.399 e. The van der Waals surface area contributed by atoms with Crippen molar-refractivity contribution in [3.05, 3.63) is 65.2 Å². The highest BCUT2D eigenvalue weighted by Gasteiger charge is 2.21. The highest BCUT2D eigenvalue weighted by molar-refractivity contribution is 5.94. The lowest BCUT2D eigenvalue weighted by Gasteiger charge is -2.26. The monoisotopic (exact) mass is 290 g/mol. The number of carbonyl (C=O) groups excluding carboxylic acids is 1. The maximum atomic E-state index is 13.8. The second-order valence-corrected chi connectivity index (χ2v) is 4.88. The zero-order chi connectivity index (χ0) is 15.6. The van der Waals surface area contributed by atoms with Gasteiger partial charge in [-0.25, -0.2) is 8.78 Å². The summed E-state index contributed by atoms with van der Waals surface area (Å²) in [6.45, 7) is 1.65. The highest BCUT2D eigenvalue weighted by Crippen LogP contribution is 2.24. The van der Waals surface area contributed by atoms with Gasteiger partial charge in [0.25, 0.3) is 5.91 Å². The van der Waals surface area contributed by atoms with E-state index in [-0.39, 0.29) is 11.5 Å². The number of hydrogen-bond acceptors (Lipinski definition) is 2. The molecule has 1 atom stereocenters. The molecule has 0 aliphatic rings. The van der Waals surface area contributed by atoms with E-state index in [1.165, 1.54) is 4.90 Å². The van der Waals surface area contributed by atoms with E-state index >= 15 is 0 Å². The van der Waals surface area contributed by atoms with E-state index in [0.29, 0.717) is 11.3 Å². The average Bonchev–Trinajstić information content (AvgIpc) is 2.48. The second kappa shape index (κ2) is 5.91. The summed E-state index contributed by atoms with van der Waals surface area (Å²) in [6, 6.07) is 9.06. The quantitative estimate of drug-likeness (QED) is 0.881. The van der Waals surface area contributed by atoms with E-state index in [9.17, 15) is 13.6 Å². The minimum atomic E-state index is -0.592. The van der Waals surface area contributed by atoms with Crippen molar-refractivity contribution in [2.75, 3.05) is 12.8 Å². The predicted molar refractivity (Wildman–Crippen MR) is 77.7 cm³/mol. The molecule has 3 nitrogen and oxygen atoms in total. The molecule has 0 heterocycles. The number of carbonyl (C=O) groups is 1. The van der Waals surface area contributed by atoms with Crippen LogP contribution < -0.4 is 5.73 Å². The summed E-state index contributed by atoms with van der Waals surface area (Å²) < 4.78 is 27.0. The van der Waals surface area contributed by atoms with Crippen LogP contribution in [0.4, 0.5) is 14.5 Å². The van der Waals surface area contributed by atoms with E-state index in [4.69, 9.17) is 5.73 Å². The molecule has 1 amide bonds. The Morgan fingerprint density at radius 2 is 1.76 bits per heavy atom. The summed E-state index contributed by atoms with van der Waals surface area (Å²) in [4.78, 5) is 13.7. The Morgan fingerprint density at radius 3 is 2.38 bits per heavy atom. The molecular formula is C16H16F2N2O. The van der Waals surface area contributed by atoms with Gasteiger partial charge < -0.3 is 10.6 Å². The van der Waals surface area contributed by atoms with Crippen LogP contribution in [0.25, 0.3) is 0 Å². The smallest absolute Gasteiger partial charge is 0.254 e. The van der Waals surface area contributed by atoms with Crippen molar-refractivity contribution in [3.8, 4) is 0 Å². The normalized spacial score (nSPS) is 12.0. The first-order valence-electron chi connectivity index (χ1n) is 6.48. The van der Waals surface area contributed by atoms with Crippen LogP contribution in [-0.2, 0) is 0 Å². The van der Waals surface area contributed by atoms with Crippen molar-refractivity contribution in [1.29, 1.82) is 0 Å². The van der Waals surface area contributed by atoms with Gasteiger partial charge in [0.2, 0.25) is 0 Å². The highest BCUT2D eigenvalue weighted by atomic mass is 19.1. The van der Waals surface area contributed by atoms with E-state index in [0.717, 1.165) is 18.2 Å². The standard InChI is InChI=1S/C16H16F2N2O/c1-10(14-9-12(17)5-8-15(14)18)20(2)16(21)11-3-6-13(19)7-4-11/h3-10H,19H2,1-2H3. The van der Waals surface area contributed by atoms with Gasteiger partial charge in [-0.1, -0.05) is 0 Å². The fraction of sp³-hybridized carbons (Fsp3) is 0.188. The number of benzene rings is 2. The fourth-order valence-corrected chi connectivity index (χ4v) is 2.05. The molecule has 0 aromatic heterocycles. The molecule has 0 aliphatic carbocycles. The van der Waals surface area contributed by atoms with Crippen LogP contribution in [-0.4, -0.2) is 17.9 Å². The van der Waals surface area contributed by atoms with Crippen LogP contribution in [0.15, 0.2) is 42.5 Å². The summed E-state index contributed by atoms with van der Waals surface area (Å²) in [7, 11) is 1.55. The van der Waals surface area contributed by atoms with Gasteiger partial charge in [-0.2, -0.15) is 0 Å². The van der Waals surface area contributed by atoms with Gasteiger partial charge in [-0.3, -0.25) is 4.79 Å². The molecule has 21 heavy (non-hydrogen) atoms. The van der Waals surface area contributed by atoms with Gasteiger partial charge in [0.1, 0.15) is 11.6 Å². The van der Waals surface area contributed by atoms with Crippen LogP contribution in [0, 0.1) is 11.6 Å². The molecule has 0 spiro atoms. The zero-order valence-corrected chi connectivity index (χ0v) is 11.8. The molecule has 0 bridgehead atoms. The van der Waals surface area contributed by atoms with Crippen LogP contribution in [0.1, 0.15) is 28.9 Å². The van der Waals surface area contributed by atoms with Crippen LogP contribution in [0.3, 0.4) is 0 Å². The number of hydrogen-bond donors (Lipinski definition) is 1. The number of nitrogens with two attached hydrogens (primary N) is 1. The Balaban J connectivity index is 2.26. The SMILES string of the molecule is CC(c1cc(F)ccc1F)N(C)C(=O)c1ccc(N)cc1. The number of anilines is 1. The summed E-state index contributed by atoms with van der Waals surface area (Å²) in [5.41, 5.74) is 6.71. The molecule has 110 valence electrons. The lowest BCUT2D eigenvalue weighted by molar-refractivity contribution is 0.0740. The molecule has 2 rings (SSSR count). The molecule has 0 fully saturated rings. The van der Waals surface area contributed by atoms with Crippen molar-refractivity contribution in [2.24, 2.45) is 0 Å². The van der Waals surface area contributed by atoms with Crippen molar-refractivity contribution < 1.29 is 13.6 Å². The van der Waals surface area contributed by atoms with E-state index < -0.39 is 17.7 Å². The van der Waals surface area contributed by atoms with Gasteiger partial charge >= 0.3 is 0 Å². The van der Waals surface area contributed by atoms with E-state index in [1.807, 2.05) is 0 Å². The number of nitrogens with zero attached hydrogens (tertiary/aromatic N) is 1. The molecule has 2 aromatic carbocycles. The van der Waals surface area contributed by atoms with E-state index in [2.05, 4.69) is 0 Å². The summed E-state index contributed by atoms with van der Waals surface area (Å²) >= 11 is 0. The topological polar surface area (TPSA) is 46.3 Å².